The summed E-state index contributed by atoms with van der Waals surface area (Å²) in [6, 6.07) is 0.321. The Kier molecular flexibility index (Phi) is 3.48. The highest BCUT2D eigenvalue weighted by atomic mass is 32.1. The number of ether oxygens (including phenoxy) is 2. The van der Waals surface area contributed by atoms with Crippen molar-refractivity contribution in [2.45, 2.75) is 6.04 Å². The molecule has 1 rings (SSSR count). The summed E-state index contributed by atoms with van der Waals surface area (Å²) in [5, 5.41) is 0. The van der Waals surface area contributed by atoms with Gasteiger partial charge >= 0.3 is 0 Å². The zero-order chi connectivity index (χ0) is 7.40. The van der Waals surface area contributed by atoms with Gasteiger partial charge in [-0.05, 0) is 0 Å². The molecule has 0 radical (unpaired) electrons. The van der Waals surface area contributed by atoms with E-state index in [0.717, 1.165) is 19.8 Å². The summed E-state index contributed by atoms with van der Waals surface area (Å²) < 4.78 is 12.2. The second-order valence-corrected chi connectivity index (χ2v) is 2.86. The first-order valence-electron chi connectivity index (χ1n) is 3.37. The van der Waals surface area contributed by atoms with Crippen LogP contribution in [0.5, 0.6) is 0 Å². The van der Waals surface area contributed by atoms with Gasteiger partial charge in [-0.25, -0.2) is 4.31 Å². The first-order chi connectivity index (χ1) is 4.84. The number of hydrogen-bond donors (Lipinski definition) is 1. The van der Waals surface area contributed by atoms with E-state index < -0.39 is 0 Å². The van der Waals surface area contributed by atoms with Gasteiger partial charge in [-0.3, -0.25) is 0 Å². The van der Waals surface area contributed by atoms with Crippen molar-refractivity contribution in [2.24, 2.45) is 0 Å². The van der Waals surface area contributed by atoms with Crippen LogP contribution in [0.1, 0.15) is 0 Å². The minimum absolute atomic E-state index is 0.321. The van der Waals surface area contributed by atoms with Crippen molar-refractivity contribution >= 4 is 12.8 Å². The van der Waals surface area contributed by atoms with Crippen LogP contribution in [0.25, 0.3) is 0 Å². The SMILES string of the molecule is COCC1COCCN1S. The molecule has 0 saturated carbocycles. The normalized spacial score (nSPS) is 28.8. The lowest BCUT2D eigenvalue weighted by molar-refractivity contribution is 0.00653. The van der Waals surface area contributed by atoms with Gasteiger partial charge in [-0.15, -0.1) is 0 Å². The predicted molar refractivity (Wildman–Crippen MR) is 42.2 cm³/mol. The quantitative estimate of drug-likeness (QED) is 0.587. The Hall–Kier alpha value is 0.230. The molecule has 0 amide bonds. The zero-order valence-corrected chi connectivity index (χ0v) is 7.01. The summed E-state index contributed by atoms with van der Waals surface area (Å²) in [6.07, 6.45) is 0. The van der Waals surface area contributed by atoms with Gasteiger partial charge in [0.15, 0.2) is 0 Å². The van der Waals surface area contributed by atoms with Crippen molar-refractivity contribution < 1.29 is 9.47 Å². The van der Waals surface area contributed by atoms with Gasteiger partial charge in [0.05, 0.1) is 25.9 Å². The van der Waals surface area contributed by atoms with Crippen LogP contribution in [-0.4, -0.2) is 43.8 Å². The zero-order valence-electron chi connectivity index (χ0n) is 6.12. The molecule has 0 aromatic heterocycles. The van der Waals surface area contributed by atoms with E-state index in [4.69, 9.17) is 9.47 Å². The number of hydrogen-bond acceptors (Lipinski definition) is 4. The molecule has 10 heavy (non-hydrogen) atoms. The molecule has 3 nitrogen and oxygen atoms in total. The van der Waals surface area contributed by atoms with Crippen molar-refractivity contribution in [1.29, 1.82) is 0 Å². The second kappa shape index (κ2) is 4.18. The van der Waals surface area contributed by atoms with Crippen LogP contribution in [0, 0.1) is 0 Å². The molecule has 60 valence electrons. The molecule has 0 aromatic carbocycles. The molecule has 0 aromatic rings. The van der Waals surface area contributed by atoms with Crippen molar-refractivity contribution in [3.63, 3.8) is 0 Å². The lowest BCUT2D eigenvalue weighted by Gasteiger charge is -2.30. The van der Waals surface area contributed by atoms with Crippen LogP contribution in [0.2, 0.25) is 0 Å². The fourth-order valence-corrected chi connectivity index (χ4v) is 1.19. The van der Waals surface area contributed by atoms with Gasteiger partial charge < -0.3 is 9.47 Å². The van der Waals surface area contributed by atoms with E-state index >= 15 is 0 Å². The van der Waals surface area contributed by atoms with E-state index in [9.17, 15) is 0 Å². The molecule has 1 heterocycles. The summed E-state index contributed by atoms with van der Waals surface area (Å²) in [7, 11) is 1.69. The first-order valence-corrected chi connectivity index (χ1v) is 3.77. The Balaban J connectivity index is 2.25. The average Bonchev–Trinajstić information content (AvgIpc) is 1.94. The van der Waals surface area contributed by atoms with Gasteiger partial charge in [0.2, 0.25) is 0 Å². The van der Waals surface area contributed by atoms with Crippen molar-refractivity contribution in [3.05, 3.63) is 0 Å². The molecule has 1 atom stereocenters. The van der Waals surface area contributed by atoms with E-state index in [1.807, 2.05) is 4.31 Å². The lowest BCUT2D eigenvalue weighted by atomic mass is 10.3. The smallest absolute Gasteiger partial charge is 0.0668 e. The maximum atomic E-state index is 5.23. The third-order valence-corrected chi connectivity index (χ3v) is 2.08. The minimum Gasteiger partial charge on any atom is -0.383 e. The van der Waals surface area contributed by atoms with Gasteiger partial charge in [0.25, 0.3) is 0 Å². The summed E-state index contributed by atoms with van der Waals surface area (Å²) in [4.78, 5) is 0. The van der Waals surface area contributed by atoms with Crippen molar-refractivity contribution in [3.8, 4) is 0 Å². The third kappa shape index (κ3) is 2.12. The van der Waals surface area contributed by atoms with Crippen molar-refractivity contribution in [2.75, 3.05) is 33.5 Å². The molecule has 0 spiro atoms. The van der Waals surface area contributed by atoms with E-state index in [1.54, 1.807) is 7.11 Å². The highest BCUT2D eigenvalue weighted by Crippen LogP contribution is 2.08. The molecule has 0 aliphatic carbocycles. The Labute approximate surface area is 66.8 Å². The van der Waals surface area contributed by atoms with Gasteiger partial charge in [-0.2, -0.15) is 0 Å². The fraction of sp³-hybridized carbons (Fsp3) is 1.00. The van der Waals surface area contributed by atoms with Crippen LogP contribution in [0.3, 0.4) is 0 Å². The van der Waals surface area contributed by atoms with E-state index in [1.165, 1.54) is 0 Å². The van der Waals surface area contributed by atoms with Crippen molar-refractivity contribution in [1.82, 2.24) is 4.31 Å². The molecule has 1 unspecified atom stereocenters. The number of thiol groups is 1. The average molecular weight is 163 g/mol. The Morgan fingerprint density at radius 3 is 3.20 bits per heavy atom. The van der Waals surface area contributed by atoms with Crippen LogP contribution in [-0.2, 0) is 9.47 Å². The molecule has 4 heteroatoms. The molecule has 1 fully saturated rings. The van der Waals surface area contributed by atoms with Crippen LogP contribution >= 0.6 is 12.8 Å². The number of nitrogens with zero attached hydrogens (tertiary/aromatic N) is 1. The largest absolute Gasteiger partial charge is 0.383 e. The number of rotatable bonds is 2. The predicted octanol–water partition coefficient (Wildman–Crippen LogP) is 0.178. The summed E-state index contributed by atoms with van der Waals surface area (Å²) in [5.74, 6) is 0. The maximum Gasteiger partial charge on any atom is 0.0668 e. The Morgan fingerprint density at radius 1 is 1.80 bits per heavy atom. The summed E-state index contributed by atoms with van der Waals surface area (Å²) >= 11 is 4.26. The van der Waals surface area contributed by atoms with Gasteiger partial charge in [-0.1, -0.05) is 12.8 Å². The highest BCUT2D eigenvalue weighted by Gasteiger charge is 2.19. The standard InChI is InChI=1S/C6H13NO2S/c1-8-4-6-5-9-3-2-7(6)10/h6,10H,2-5H2,1H3. The van der Waals surface area contributed by atoms with Crippen LogP contribution in [0.4, 0.5) is 0 Å². The number of methoxy groups -OCH3 is 1. The third-order valence-electron chi connectivity index (χ3n) is 1.56. The van der Waals surface area contributed by atoms with Gasteiger partial charge in [0.1, 0.15) is 0 Å². The molecular weight excluding hydrogens is 150 g/mol. The molecule has 0 bridgehead atoms. The first kappa shape index (κ1) is 8.33. The second-order valence-electron chi connectivity index (χ2n) is 2.35. The molecule has 1 aliphatic heterocycles. The molecular formula is C6H13NO2S. The van der Waals surface area contributed by atoms with E-state index in [2.05, 4.69) is 12.8 Å². The highest BCUT2D eigenvalue weighted by molar-refractivity contribution is 7.77. The van der Waals surface area contributed by atoms with E-state index in [0.29, 0.717) is 12.6 Å². The maximum absolute atomic E-state index is 5.23. The lowest BCUT2D eigenvalue weighted by Crippen LogP contribution is -2.42. The Bertz CT molecular complexity index is 99.7. The van der Waals surface area contributed by atoms with Gasteiger partial charge in [0, 0.05) is 13.7 Å². The molecule has 1 aliphatic rings. The number of morpholine rings is 1. The fourth-order valence-electron chi connectivity index (χ4n) is 0.973. The van der Waals surface area contributed by atoms with E-state index in [-0.39, 0.29) is 0 Å². The summed E-state index contributed by atoms with van der Waals surface area (Å²) in [5.41, 5.74) is 0. The monoisotopic (exact) mass is 163 g/mol. The summed E-state index contributed by atoms with van der Waals surface area (Å²) in [6.45, 7) is 3.10. The Morgan fingerprint density at radius 2 is 2.60 bits per heavy atom. The van der Waals surface area contributed by atoms with Crippen LogP contribution in [0.15, 0.2) is 0 Å². The molecule has 1 saturated heterocycles. The van der Waals surface area contributed by atoms with Crippen LogP contribution < -0.4 is 0 Å². The topological polar surface area (TPSA) is 21.7 Å². The molecule has 0 N–H and O–H groups in total. The minimum atomic E-state index is 0.321.